The van der Waals surface area contributed by atoms with Crippen LogP contribution in [-0.2, 0) is 23.9 Å². The zero-order chi connectivity index (χ0) is 32.3. The molecule has 0 bridgehead atoms. The van der Waals surface area contributed by atoms with Gasteiger partial charge in [-0.25, -0.2) is 0 Å². The molecule has 0 aromatic rings. The molecule has 0 radical (unpaired) electrons. The van der Waals surface area contributed by atoms with Crippen molar-refractivity contribution in [3.8, 4) is 0 Å². The van der Waals surface area contributed by atoms with Crippen LogP contribution >= 0.6 is 0 Å². The number of aliphatic hydroxyl groups excluding tert-OH is 2. The highest BCUT2D eigenvalue weighted by Gasteiger charge is 2.52. The van der Waals surface area contributed by atoms with Crippen molar-refractivity contribution in [2.75, 3.05) is 0 Å². The van der Waals surface area contributed by atoms with E-state index in [1.54, 1.807) is 33.8 Å². The molecule has 238 valence electrons. The second-order valence-electron chi connectivity index (χ2n) is 14.2. The van der Waals surface area contributed by atoms with E-state index in [-0.39, 0.29) is 24.1 Å². The molecule has 2 aliphatic rings. The van der Waals surface area contributed by atoms with E-state index in [1.165, 1.54) is 26.0 Å². The minimum atomic E-state index is -1.26. The summed E-state index contributed by atoms with van der Waals surface area (Å²) < 4.78 is 11.4. The number of carbonyl (C=O) groups excluding carboxylic acids is 3. The smallest absolute Gasteiger partial charge is 0.303 e. The number of allylic oxidation sites excluding steroid dienone is 2. The van der Waals surface area contributed by atoms with Gasteiger partial charge in [-0.2, -0.15) is 0 Å². The quantitative estimate of drug-likeness (QED) is 0.216. The van der Waals surface area contributed by atoms with E-state index >= 15 is 0 Å². The zero-order valence-electron chi connectivity index (χ0n) is 27.3. The molecule has 7 atom stereocenters. The van der Waals surface area contributed by atoms with Gasteiger partial charge in [0.05, 0.1) is 17.8 Å². The van der Waals surface area contributed by atoms with Crippen LogP contribution in [0.15, 0.2) is 35.5 Å². The number of ether oxygens (including phenoxy) is 2. The number of esters is 2. The highest BCUT2D eigenvalue weighted by Crippen LogP contribution is 2.50. The van der Waals surface area contributed by atoms with E-state index in [1.807, 2.05) is 33.8 Å². The molecule has 0 aromatic heterocycles. The monoisotopic (exact) mass is 590 g/mol. The van der Waals surface area contributed by atoms with E-state index < -0.39 is 52.2 Å². The van der Waals surface area contributed by atoms with Gasteiger partial charge < -0.3 is 24.8 Å². The first-order chi connectivity index (χ1) is 19.1. The Morgan fingerprint density at radius 1 is 1.05 bits per heavy atom. The number of ketones is 1. The minimum Gasteiger partial charge on any atom is -0.459 e. The maximum Gasteiger partial charge on any atom is 0.303 e. The number of carbonyl (C=O) groups is 3. The van der Waals surface area contributed by atoms with Gasteiger partial charge in [-0.15, -0.1) is 0 Å². The predicted molar refractivity (Wildman–Crippen MR) is 162 cm³/mol. The predicted octanol–water partition coefficient (Wildman–Crippen LogP) is 5.38. The average molecular weight is 591 g/mol. The van der Waals surface area contributed by atoms with Gasteiger partial charge in [0.15, 0.2) is 5.78 Å². The molecule has 1 fully saturated rings. The van der Waals surface area contributed by atoms with Gasteiger partial charge in [-0.1, -0.05) is 45.4 Å². The lowest BCUT2D eigenvalue weighted by Gasteiger charge is -2.52. The van der Waals surface area contributed by atoms with Gasteiger partial charge in [-0.05, 0) is 89.4 Å². The molecule has 0 amide bonds. The summed E-state index contributed by atoms with van der Waals surface area (Å²) in [7, 11) is 0. The Kier molecular flexibility index (Phi) is 11.6. The first kappa shape index (κ1) is 35.9. The first-order valence-corrected chi connectivity index (χ1v) is 15.2. The van der Waals surface area contributed by atoms with Crippen molar-refractivity contribution in [1.82, 2.24) is 0 Å². The summed E-state index contributed by atoms with van der Waals surface area (Å²) in [6.45, 7) is 17.8. The van der Waals surface area contributed by atoms with E-state index in [0.29, 0.717) is 24.8 Å². The zero-order valence-corrected chi connectivity index (χ0v) is 27.3. The van der Waals surface area contributed by atoms with E-state index in [2.05, 4.69) is 0 Å². The molecule has 2 rings (SSSR count). The van der Waals surface area contributed by atoms with E-state index in [9.17, 15) is 29.7 Å². The van der Waals surface area contributed by atoms with Crippen molar-refractivity contribution in [2.45, 2.75) is 137 Å². The van der Waals surface area contributed by atoms with Crippen molar-refractivity contribution >= 4 is 17.7 Å². The molecule has 0 aromatic carbocycles. The summed E-state index contributed by atoms with van der Waals surface area (Å²) in [6.07, 6.45) is 7.73. The summed E-state index contributed by atoms with van der Waals surface area (Å²) in [5.74, 6) is -1.44. The fraction of sp³-hybridized carbons (Fsp3) is 0.735. The topological polar surface area (TPSA) is 130 Å². The summed E-state index contributed by atoms with van der Waals surface area (Å²) in [5, 5.41) is 32.6. The van der Waals surface area contributed by atoms with Crippen LogP contribution < -0.4 is 0 Å². The van der Waals surface area contributed by atoms with Gasteiger partial charge >= 0.3 is 11.9 Å². The molecule has 8 heteroatoms. The number of aliphatic hydroxyl groups is 3. The van der Waals surface area contributed by atoms with Crippen molar-refractivity contribution in [2.24, 2.45) is 22.7 Å². The average Bonchev–Trinajstić information content (AvgIpc) is 2.84. The van der Waals surface area contributed by atoms with Crippen LogP contribution in [0.25, 0.3) is 0 Å². The molecule has 0 heterocycles. The third-order valence-corrected chi connectivity index (χ3v) is 9.83. The minimum absolute atomic E-state index is 0.0412. The Bertz CT molecular complexity index is 1090. The summed E-state index contributed by atoms with van der Waals surface area (Å²) in [5.41, 5.74) is -1.48. The summed E-state index contributed by atoms with van der Waals surface area (Å²) in [6, 6.07) is 0. The summed E-state index contributed by atoms with van der Waals surface area (Å²) >= 11 is 0. The Labute approximate surface area is 252 Å². The Balaban J connectivity index is 2.14. The van der Waals surface area contributed by atoms with Crippen molar-refractivity contribution in [3.63, 3.8) is 0 Å². The second kappa shape index (κ2) is 13.6. The Morgan fingerprint density at radius 3 is 2.24 bits per heavy atom. The fourth-order valence-corrected chi connectivity index (χ4v) is 7.14. The van der Waals surface area contributed by atoms with Crippen LogP contribution in [0.2, 0.25) is 0 Å². The third-order valence-electron chi connectivity index (χ3n) is 9.83. The SMILES string of the molecule is CC(=O)O[C@@H](C[C@H]1C(C)(C)C(=O)C=C[C@]1(C)O)C(C)=C[C@H](O)CC=C(C)CC[C@H]1C(C)(C)[C@@H](O)CC[C@]1(C)OC(C)=O. The van der Waals surface area contributed by atoms with Gasteiger partial charge in [0.1, 0.15) is 11.7 Å². The molecule has 0 aliphatic heterocycles. The lowest BCUT2D eigenvalue weighted by molar-refractivity contribution is -0.188. The lowest BCUT2D eigenvalue weighted by Crippen LogP contribution is -2.55. The van der Waals surface area contributed by atoms with Gasteiger partial charge in [0.25, 0.3) is 0 Å². The van der Waals surface area contributed by atoms with Crippen LogP contribution in [0.3, 0.4) is 0 Å². The highest BCUT2D eigenvalue weighted by molar-refractivity contribution is 5.95. The number of hydrogen-bond acceptors (Lipinski definition) is 8. The largest absolute Gasteiger partial charge is 0.459 e. The van der Waals surface area contributed by atoms with E-state index in [0.717, 1.165) is 18.4 Å². The van der Waals surface area contributed by atoms with Crippen molar-refractivity contribution < 1.29 is 39.2 Å². The number of hydrogen-bond donors (Lipinski definition) is 3. The fourth-order valence-electron chi connectivity index (χ4n) is 7.14. The highest BCUT2D eigenvalue weighted by atomic mass is 16.6. The molecular weight excluding hydrogens is 536 g/mol. The normalized spacial score (nSPS) is 32.7. The van der Waals surface area contributed by atoms with Crippen molar-refractivity contribution in [3.05, 3.63) is 35.5 Å². The van der Waals surface area contributed by atoms with Gasteiger partial charge in [0, 0.05) is 31.1 Å². The van der Waals surface area contributed by atoms with Crippen molar-refractivity contribution in [1.29, 1.82) is 0 Å². The molecule has 8 nitrogen and oxygen atoms in total. The molecular formula is C34H54O8. The Hall–Kier alpha value is -2.29. The Morgan fingerprint density at radius 2 is 1.67 bits per heavy atom. The van der Waals surface area contributed by atoms with Crippen LogP contribution in [-0.4, -0.2) is 62.6 Å². The molecule has 0 unspecified atom stereocenters. The maximum atomic E-state index is 12.6. The van der Waals surface area contributed by atoms with Crippen LogP contribution in [0.5, 0.6) is 0 Å². The molecule has 3 N–H and O–H groups in total. The molecule has 0 spiro atoms. The van der Waals surface area contributed by atoms with Crippen LogP contribution in [0, 0.1) is 22.7 Å². The summed E-state index contributed by atoms with van der Waals surface area (Å²) in [4.78, 5) is 36.4. The van der Waals surface area contributed by atoms with E-state index in [4.69, 9.17) is 9.47 Å². The first-order valence-electron chi connectivity index (χ1n) is 15.2. The second-order valence-corrected chi connectivity index (χ2v) is 14.2. The molecule has 0 saturated heterocycles. The van der Waals surface area contributed by atoms with Gasteiger partial charge in [-0.3, -0.25) is 14.4 Å². The van der Waals surface area contributed by atoms with Crippen LogP contribution in [0.4, 0.5) is 0 Å². The third kappa shape index (κ3) is 8.64. The lowest BCUT2D eigenvalue weighted by atomic mass is 9.58. The number of rotatable bonds is 11. The molecule has 1 saturated carbocycles. The standard InChI is InChI=1S/C34H54O8/c1-21(12-14-27-31(5,6)30(39)16-18-34(27,10)42-24(4)36)11-13-25(37)19-22(2)26(41-23(3)35)20-28-32(7,8)29(38)15-17-33(28,9)40/h11,15,17,19,25-28,30,37,39-40H,12-14,16,18,20H2,1-10H3/t25-,26+,27+,28+,30+,33+,34+/m1/s1. The van der Waals surface area contributed by atoms with Gasteiger partial charge in [0.2, 0.25) is 0 Å². The van der Waals surface area contributed by atoms with Crippen LogP contribution in [0.1, 0.15) is 108 Å². The maximum absolute atomic E-state index is 12.6. The molecule has 42 heavy (non-hydrogen) atoms. The molecule has 2 aliphatic carbocycles.